The predicted octanol–water partition coefficient (Wildman–Crippen LogP) is 4.05. The summed E-state index contributed by atoms with van der Waals surface area (Å²) in [6, 6.07) is 22.4. The number of fused-ring (bicyclic) bond motifs is 1. The van der Waals surface area contributed by atoms with E-state index in [1.165, 1.54) is 0 Å². The van der Waals surface area contributed by atoms with E-state index in [0.29, 0.717) is 18.0 Å². The second-order valence-electron chi connectivity index (χ2n) is 7.20. The Morgan fingerprint density at radius 1 is 1.03 bits per heavy atom. The molecule has 156 valence electrons. The van der Waals surface area contributed by atoms with Crippen LogP contribution in [0.15, 0.2) is 72.8 Å². The van der Waals surface area contributed by atoms with Crippen molar-refractivity contribution in [2.75, 3.05) is 16.8 Å². The number of rotatable bonds is 5. The maximum atomic E-state index is 12.6. The van der Waals surface area contributed by atoms with E-state index in [-0.39, 0.29) is 23.5 Å². The highest BCUT2D eigenvalue weighted by Gasteiger charge is 2.27. The molecule has 0 unspecified atom stereocenters. The van der Waals surface area contributed by atoms with Crippen molar-refractivity contribution in [1.29, 1.82) is 0 Å². The summed E-state index contributed by atoms with van der Waals surface area (Å²) >= 11 is 5.20. The number of hydrogen-bond acceptors (Lipinski definition) is 4. The van der Waals surface area contributed by atoms with Crippen LogP contribution < -0.4 is 20.3 Å². The van der Waals surface area contributed by atoms with Crippen LogP contribution in [0.3, 0.4) is 0 Å². The summed E-state index contributed by atoms with van der Waals surface area (Å²) in [4.78, 5) is 26.4. The molecular weight excluding hydrogens is 410 g/mol. The van der Waals surface area contributed by atoms with Crippen LogP contribution in [0.25, 0.3) is 0 Å². The normalized spacial score (nSPS) is 12.3. The fourth-order valence-corrected chi connectivity index (χ4v) is 3.53. The standard InChI is InChI=1S/C24H21N3O3S/c1-16-6-12-20(13-7-16)30-15-22(28)26-24(31)25-18-8-10-19(11-9-18)27-14-17-4-2-3-5-21(17)23(27)29/h2-13H,14-15H2,1H3,(H2,25,26,28,31). The van der Waals surface area contributed by atoms with Gasteiger partial charge < -0.3 is 15.0 Å². The first-order valence-electron chi connectivity index (χ1n) is 9.80. The third kappa shape index (κ3) is 4.90. The zero-order valence-electron chi connectivity index (χ0n) is 16.9. The van der Waals surface area contributed by atoms with Gasteiger partial charge in [0, 0.05) is 16.9 Å². The van der Waals surface area contributed by atoms with Gasteiger partial charge in [0.2, 0.25) is 0 Å². The number of benzene rings is 3. The Balaban J connectivity index is 1.29. The lowest BCUT2D eigenvalue weighted by Crippen LogP contribution is -2.37. The molecule has 3 aromatic carbocycles. The average molecular weight is 432 g/mol. The van der Waals surface area contributed by atoms with Crippen LogP contribution in [-0.2, 0) is 11.3 Å². The quantitative estimate of drug-likeness (QED) is 0.597. The van der Waals surface area contributed by atoms with E-state index in [2.05, 4.69) is 10.6 Å². The number of ether oxygens (including phenoxy) is 1. The summed E-state index contributed by atoms with van der Waals surface area (Å²) in [7, 11) is 0. The fraction of sp³-hybridized carbons (Fsp3) is 0.125. The van der Waals surface area contributed by atoms with Crippen molar-refractivity contribution in [3.8, 4) is 5.75 Å². The van der Waals surface area contributed by atoms with Gasteiger partial charge >= 0.3 is 0 Å². The molecule has 6 nitrogen and oxygen atoms in total. The second kappa shape index (κ2) is 8.97. The van der Waals surface area contributed by atoms with Crippen LogP contribution in [0.5, 0.6) is 5.75 Å². The highest BCUT2D eigenvalue weighted by molar-refractivity contribution is 7.80. The number of nitrogens with zero attached hydrogens (tertiary/aromatic N) is 1. The molecule has 0 fully saturated rings. The van der Waals surface area contributed by atoms with Crippen molar-refractivity contribution < 1.29 is 14.3 Å². The number of thiocarbonyl (C=S) groups is 1. The molecule has 0 aliphatic carbocycles. The molecule has 0 spiro atoms. The first-order chi connectivity index (χ1) is 15.0. The highest BCUT2D eigenvalue weighted by atomic mass is 32.1. The fourth-order valence-electron chi connectivity index (χ4n) is 3.30. The molecule has 1 aliphatic rings. The Kier molecular flexibility index (Phi) is 5.95. The molecule has 0 saturated heterocycles. The van der Waals surface area contributed by atoms with Crippen molar-refractivity contribution in [1.82, 2.24) is 5.32 Å². The molecule has 1 aliphatic heterocycles. The van der Waals surface area contributed by atoms with Crippen molar-refractivity contribution in [2.45, 2.75) is 13.5 Å². The van der Waals surface area contributed by atoms with Gasteiger partial charge in [0.1, 0.15) is 5.75 Å². The van der Waals surface area contributed by atoms with Gasteiger partial charge in [-0.2, -0.15) is 0 Å². The lowest BCUT2D eigenvalue weighted by molar-refractivity contribution is -0.121. The van der Waals surface area contributed by atoms with Crippen molar-refractivity contribution in [2.24, 2.45) is 0 Å². The van der Waals surface area contributed by atoms with Crippen LogP contribution in [0, 0.1) is 6.92 Å². The largest absolute Gasteiger partial charge is 0.484 e. The van der Waals surface area contributed by atoms with E-state index < -0.39 is 0 Å². The number of aryl methyl sites for hydroxylation is 1. The Labute approximate surface area is 185 Å². The van der Waals surface area contributed by atoms with E-state index >= 15 is 0 Å². The number of anilines is 2. The van der Waals surface area contributed by atoms with Gasteiger partial charge in [-0.1, -0.05) is 35.9 Å². The molecule has 31 heavy (non-hydrogen) atoms. The lowest BCUT2D eigenvalue weighted by atomic mass is 10.1. The van der Waals surface area contributed by atoms with Gasteiger partial charge in [-0.25, -0.2) is 0 Å². The summed E-state index contributed by atoms with van der Waals surface area (Å²) in [5.41, 5.74) is 4.38. The third-order valence-corrected chi connectivity index (χ3v) is 5.11. The minimum Gasteiger partial charge on any atom is -0.484 e. The molecule has 0 radical (unpaired) electrons. The highest BCUT2D eigenvalue weighted by Crippen LogP contribution is 2.28. The smallest absolute Gasteiger partial charge is 0.264 e. The zero-order chi connectivity index (χ0) is 21.8. The van der Waals surface area contributed by atoms with Crippen LogP contribution in [0.4, 0.5) is 11.4 Å². The minimum atomic E-state index is -0.352. The number of carbonyl (C=O) groups excluding carboxylic acids is 2. The van der Waals surface area contributed by atoms with Crippen LogP contribution in [0.1, 0.15) is 21.5 Å². The SMILES string of the molecule is Cc1ccc(OCC(=O)NC(=S)Nc2ccc(N3Cc4ccccc4C3=O)cc2)cc1. The van der Waals surface area contributed by atoms with E-state index in [0.717, 1.165) is 22.4 Å². The number of hydrogen-bond donors (Lipinski definition) is 2. The molecule has 0 aromatic heterocycles. The molecule has 2 amide bonds. The lowest BCUT2D eigenvalue weighted by Gasteiger charge is -2.16. The van der Waals surface area contributed by atoms with Crippen LogP contribution in [0.2, 0.25) is 0 Å². The molecule has 0 saturated carbocycles. The molecule has 0 atom stereocenters. The Hall–Kier alpha value is -3.71. The molecule has 4 rings (SSSR count). The predicted molar refractivity (Wildman–Crippen MR) is 124 cm³/mol. The molecule has 0 bridgehead atoms. The maximum absolute atomic E-state index is 12.6. The molecule has 3 aromatic rings. The van der Waals surface area contributed by atoms with Gasteiger partial charge in [0.15, 0.2) is 11.7 Å². The number of amides is 2. The van der Waals surface area contributed by atoms with Gasteiger partial charge in [0.25, 0.3) is 11.8 Å². The second-order valence-corrected chi connectivity index (χ2v) is 7.61. The van der Waals surface area contributed by atoms with Gasteiger partial charge in [0.05, 0.1) is 6.54 Å². The van der Waals surface area contributed by atoms with Gasteiger partial charge in [-0.05, 0) is 67.2 Å². The molecular formula is C24H21N3O3S. The van der Waals surface area contributed by atoms with Crippen LogP contribution >= 0.6 is 12.2 Å². The van der Waals surface area contributed by atoms with Crippen LogP contribution in [-0.4, -0.2) is 23.5 Å². The van der Waals surface area contributed by atoms with E-state index in [1.54, 1.807) is 4.90 Å². The summed E-state index contributed by atoms with van der Waals surface area (Å²) < 4.78 is 5.45. The van der Waals surface area contributed by atoms with E-state index in [4.69, 9.17) is 17.0 Å². The monoisotopic (exact) mass is 431 g/mol. The Morgan fingerprint density at radius 3 is 2.45 bits per heavy atom. The van der Waals surface area contributed by atoms with E-state index in [9.17, 15) is 9.59 Å². The number of carbonyl (C=O) groups is 2. The van der Waals surface area contributed by atoms with E-state index in [1.807, 2.05) is 79.7 Å². The van der Waals surface area contributed by atoms with Crippen molar-refractivity contribution in [3.63, 3.8) is 0 Å². The van der Waals surface area contributed by atoms with Gasteiger partial charge in [-0.3, -0.25) is 14.9 Å². The third-order valence-electron chi connectivity index (χ3n) is 4.90. The Morgan fingerprint density at radius 2 is 1.74 bits per heavy atom. The summed E-state index contributed by atoms with van der Waals surface area (Å²) in [6.07, 6.45) is 0. The molecule has 7 heteroatoms. The molecule has 1 heterocycles. The minimum absolute atomic E-state index is 0.00679. The topological polar surface area (TPSA) is 70.7 Å². The number of nitrogens with one attached hydrogen (secondary N) is 2. The first-order valence-corrected chi connectivity index (χ1v) is 10.2. The Bertz CT molecular complexity index is 1130. The maximum Gasteiger partial charge on any atom is 0.264 e. The van der Waals surface area contributed by atoms with Gasteiger partial charge in [-0.15, -0.1) is 0 Å². The molecule has 2 N–H and O–H groups in total. The summed E-state index contributed by atoms with van der Waals surface area (Å²) in [6.45, 7) is 2.40. The summed E-state index contributed by atoms with van der Waals surface area (Å²) in [5, 5.41) is 5.73. The van der Waals surface area contributed by atoms with Crippen molar-refractivity contribution in [3.05, 3.63) is 89.5 Å². The summed E-state index contributed by atoms with van der Waals surface area (Å²) in [5.74, 6) is 0.261. The first kappa shape index (κ1) is 20.6. The average Bonchev–Trinajstić information content (AvgIpc) is 3.10. The zero-order valence-corrected chi connectivity index (χ0v) is 17.7. The van der Waals surface area contributed by atoms with Crippen molar-refractivity contribution >= 4 is 40.5 Å².